The summed E-state index contributed by atoms with van der Waals surface area (Å²) in [4.78, 5) is 34.9. The molecule has 3 aromatic heterocycles. The number of nitrogens with one attached hydrogen (secondary N) is 2. The lowest BCUT2D eigenvalue weighted by molar-refractivity contribution is -0.138. The highest BCUT2D eigenvalue weighted by molar-refractivity contribution is 5.86. The van der Waals surface area contributed by atoms with Crippen molar-refractivity contribution in [1.82, 2.24) is 24.7 Å². The Morgan fingerprint density at radius 2 is 1.84 bits per heavy atom. The van der Waals surface area contributed by atoms with Crippen molar-refractivity contribution in [2.24, 2.45) is 0 Å². The number of halogens is 4. The van der Waals surface area contributed by atoms with Crippen LogP contribution in [0.15, 0.2) is 52.6 Å². The third-order valence-electron chi connectivity index (χ3n) is 6.04. The Kier molecular flexibility index (Phi) is 7.46. The SMILES string of the molecule is C[C@@H](CCCn1ccc2cc(-c3ncc(N(C)C)cn3)c(F)cc2c1=O)Nc1cn[nH]c(=O)c1C(F)(F)F. The van der Waals surface area contributed by atoms with Gasteiger partial charge in [0.1, 0.15) is 11.4 Å². The van der Waals surface area contributed by atoms with Crippen LogP contribution in [0.25, 0.3) is 22.2 Å². The second kappa shape index (κ2) is 10.6. The molecule has 0 amide bonds. The maximum absolute atomic E-state index is 14.9. The molecule has 9 nitrogen and oxygen atoms in total. The molecule has 0 spiro atoms. The molecule has 0 saturated carbocycles. The van der Waals surface area contributed by atoms with E-state index < -0.39 is 40.4 Å². The van der Waals surface area contributed by atoms with Crippen molar-refractivity contribution in [2.75, 3.05) is 24.3 Å². The van der Waals surface area contributed by atoms with Gasteiger partial charge in [-0.2, -0.15) is 18.3 Å². The summed E-state index contributed by atoms with van der Waals surface area (Å²) in [5.74, 6) is -0.431. The van der Waals surface area contributed by atoms with E-state index in [-0.39, 0.29) is 23.3 Å². The quantitative estimate of drug-likeness (QED) is 0.330. The Labute approximate surface area is 214 Å². The van der Waals surface area contributed by atoms with E-state index >= 15 is 0 Å². The lowest BCUT2D eigenvalue weighted by Crippen LogP contribution is -2.27. The Bertz CT molecular complexity index is 1560. The highest BCUT2D eigenvalue weighted by Crippen LogP contribution is 2.32. The minimum atomic E-state index is -4.84. The number of benzene rings is 1. The number of pyridine rings is 1. The van der Waals surface area contributed by atoms with Crippen molar-refractivity contribution < 1.29 is 17.6 Å². The Morgan fingerprint density at radius 1 is 1.13 bits per heavy atom. The molecular weight excluding hydrogens is 506 g/mol. The van der Waals surface area contributed by atoms with Crippen molar-refractivity contribution in [1.29, 1.82) is 0 Å². The Morgan fingerprint density at radius 3 is 2.50 bits per heavy atom. The molecule has 0 fully saturated rings. The first-order valence-corrected chi connectivity index (χ1v) is 11.7. The Hall–Kier alpha value is -4.29. The van der Waals surface area contributed by atoms with Gasteiger partial charge in [0.25, 0.3) is 11.1 Å². The lowest BCUT2D eigenvalue weighted by Gasteiger charge is -2.18. The molecule has 0 saturated heterocycles. The van der Waals surface area contributed by atoms with Crippen LogP contribution in [0.4, 0.5) is 28.9 Å². The molecule has 0 bridgehead atoms. The third kappa shape index (κ3) is 5.66. The van der Waals surface area contributed by atoms with Crippen LogP contribution in [0.3, 0.4) is 0 Å². The van der Waals surface area contributed by atoms with Gasteiger partial charge in [0.2, 0.25) is 0 Å². The second-order valence-corrected chi connectivity index (χ2v) is 9.07. The minimum Gasteiger partial charge on any atom is -0.381 e. The molecular formula is C25H25F4N7O2. The van der Waals surface area contributed by atoms with E-state index in [9.17, 15) is 27.2 Å². The van der Waals surface area contributed by atoms with E-state index in [0.717, 1.165) is 18.0 Å². The molecule has 200 valence electrons. The first-order chi connectivity index (χ1) is 18.0. The number of alkyl halides is 3. The molecule has 13 heteroatoms. The topological polar surface area (TPSA) is 109 Å². The number of anilines is 2. The first-order valence-electron chi connectivity index (χ1n) is 11.7. The van der Waals surface area contributed by atoms with E-state index in [0.29, 0.717) is 18.2 Å². The number of aromatic nitrogens is 5. The van der Waals surface area contributed by atoms with Crippen LogP contribution in [0.5, 0.6) is 0 Å². The fourth-order valence-electron chi connectivity index (χ4n) is 4.04. The monoisotopic (exact) mass is 531 g/mol. The zero-order valence-corrected chi connectivity index (χ0v) is 20.8. The van der Waals surface area contributed by atoms with Gasteiger partial charge in [-0.1, -0.05) is 0 Å². The highest BCUT2D eigenvalue weighted by Gasteiger charge is 2.37. The van der Waals surface area contributed by atoms with Gasteiger partial charge < -0.3 is 14.8 Å². The average Bonchev–Trinajstić information content (AvgIpc) is 2.85. The summed E-state index contributed by atoms with van der Waals surface area (Å²) in [5, 5.41) is 8.62. The van der Waals surface area contributed by atoms with Crippen LogP contribution in [0, 0.1) is 5.82 Å². The number of aryl methyl sites for hydroxylation is 1. The summed E-state index contributed by atoms with van der Waals surface area (Å²) in [5.41, 5.74) is -2.54. The van der Waals surface area contributed by atoms with Gasteiger partial charge in [-0.3, -0.25) is 9.59 Å². The maximum Gasteiger partial charge on any atom is 0.423 e. The number of hydrogen-bond donors (Lipinski definition) is 2. The van der Waals surface area contributed by atoms with E-state index in [2.05, 4.69) is 20.4 Å². The number of hydrogen-bond acceptors (Lipinski definition) is 7. The molecule has 4 rings (SSSR count). The predicted molar refractivity (Wildman–Crippen MR) is 136 cm³/mol. The summed E-state index contributed by atoms with van der Waals surface area (Å²) >= 11 is 0. The van der Waals surface area contributed by atoms with Crippen molar-refractivity contribution in [3.8, 4) is 11.4 Å². The van der Waals surface area contributed by atoms with Gasteiger partial charge in [0, 0.05) is 32.9 Å². The maximum atomic E-state index is 14.9. The van der Waals surface area contributed by atoms with Gasteiger partial charge in [0.05, 0.1) is 40.9 Å². The molecule has 3 heterocycles. The molecule has 38 heavy (non-hydrogen) atoms. The number of aromatic amines is 1. The lowest BCUT2D eigenvalue weighted by atomic mass is 10.1. The summed E-state index contributed by atoms with van der Waals surface area (Å²) in [6.07, 6.45) is 1.65. The summed E-state index contributed by atoms with van der Waals surface area (Å²) in [7, 11) is 3.67. The minimum absolute atomic E-state index is 0.173. The average molecular weight is 532 g/mol. The van der Waals surface area contributed by atoms with Crippen LogP contribution in [0.2, 0.25) is 0 Å². The van der Waals surface area contributed by atoms with Gasteiger partial charge in [-0.25, -0.2) is 19.5 Å². The number of rotatable bonds is 8. The van der Waals surface area contributed by atoms with Gasteiger partial charge >= 0.3 is 6.18 Å². The zero-order valence-electron chi connectivity index (χ0n) is 20.8. The van der Waals surface area contributed by atoms with Gasteiger partial charge in [0.15, 0.2) is 5.82 Å². The summed E-state index contributed by atoms with van der Waals surface area (Å²) in [6, 6.07) is 3.93. The van der Waals surface area contributed by atoms with Crippen molar-refractivity contribution in [2.45, 2.75) is 38.5 Å². The highest BCUT2D eigenvalue weighted by atomic mass is 19.4. The molecule has 0 aliphatic carbocycles. The summed E-state index contributed by atoms with van der Waals surface area (Å²) in [6.45, 7) is 1.92. The van der Waals surface area contributed by atoms with Crippen LogP contribution in [0.1, 0.15) is 25.3 Å². The molecule has 0 aliphatic heterocycles. The van der Waals surface area contributed by atoms with Crippen molar-refractivity contribution in [3.05, 3.63) is 75.1 Å². The molecule has 1 atom stereocenters. The number of H-pyrrole nitrogens is 1. The molecule has 1 aromatic carbocycles. The van der Waals surface area contributed by atoms with E-state index in [1.807, 2.05) is 19.0 Å². The number of fused-ring (bicyclic) bond motifs is 1. The van der Waals surface area contributed by atoms with E-state index in [4.69, 9.17) is 0 Å². The predicted octanol–water partition coefficient (Wildman–Crippen LogP) is 4.05. The molecule has 0 unspecified atom stereocenters. The smallest absolute Gasteiger partial charge is 0.381 e. The van der Waals surface area contributed by atoms with Crippen molar-refractivity contribution >= 4 is 22.1 Å². The van der Waals surface area contributed by atoms with Crippen LogP contribution in [-0.4, -0.2) is 44.9 Å². The molecule has 0 radical (unpaired) electrons. The van der Waals surface area contributed by atoms with E-state index in [1.165, 1.54) is 10.6 Å². The van der Waals surface area contributed by atoms with Crippen LogP contribution < -0.4 is 21.3 Å². The molecule has 4 aromatic rings. The fourth-order valence-corrected chi connectivity index (χ4v) is 4.04. The first kappa shape index (κ1) is 26.8. The van der Waals surface area contributed by atoms with E-state index in [1.54, 1.807) is 36.7 Å². The molecule has 2 N–H and O–H groups in total. The normalized spacial score (nSPS) is 12.5. The largest absolute Gasteiger partial charge is 0.423 e. The standard InChI is InChI=1S/C25H25F4N7O2/c1-14(33-20-13-32-34-23(37)21(20)25(27,28)29)5-4-7-36-8-6-15-9-18(19(26)10-17(15)24(36)38)22-30-11-16(12-31-22)35(2)3/h6,8-14H,4-5,7H2,1-3H3,(H2,33,34,37)/t14-/m0/s1. The fraction of sp³-hybridized carbons (Fsp3) is 0.320. The summed E-state index contributed by atoms with van der Waals surface area (Å²) < 4.78 is 56.1. The molecule has 0 aliphatic rings. The van der Waals surface area contributed by atoms with Gasteiger partial charge in [-0.15, -0.1) is 0 Å². The third-order valence-corrected chi connectivity index (χ3v) is 6.04. The second-order valence-electron chi connectivity index (χ2n) is 9.07. The number of nitrogens with zero attached hydrogens (tertiary/aromatic N) is 5. The van der Waals surface area contributed by atoms with Crippen LogP contribution in [-0.2, 0) is 12.7 Å². The Balaban J connectivity index is 1.47. The van der Waals surface area contributed by atoms with Crippen LogP contribution >= 0.6 is 0 Å². The van der Waals surface area contributed by atoms with Gasteiger partial charge in [-0.05, 0) is 43.4 Å². The zero-order chi connectivity index (χ0) is 27.6. The van der Waals surface area contributed by atoms with Crippen molar-refractivity contribution in [3.63, 3.8) is 0 Å².